The van der Waals surface area contributed by atoms with E-state index in [4.69, 9.17) is 0 Å². The Morgan fingerprint density at radius 3 is 2.44 bits per heavy atom. The van der Waals surface area contributed by atoms with Gasteiger partial charge in [-0.3, -0.25) is 0 Å². The maximum atomic E-state index is 4.23. The van der Waals surface area contributed by atoms with Gasteiger partial charge >= 0.3 is 0 Å². The van der Waals surface area contributed by atoms with Gasteiger partial charge in [0.05, 0.1) is 11.0 Å². The number of para-hydroxylation sites is 1. The van der Waals surface area contributed by atoms with Crippen molar-refractivity contribution in [1.82, 2.24) is 19.8 Å². The zero-order valence-electron chi connectivity index (χ0n) is 26.4. The maximum absolute atomic E-state index is 4.23. The van der Waals surface area contributed by atoms with Crippen LogP contribution in [0.15, 0.2) is 80.1 Å². The summed E-state index contributed by atoms with van der Waals surface area (Å²) in [5.74, 6) is 0.231. The second-order valence-electron chi connectivity index (χ2n) is 12.2. The van der Waals surface area contributed by atoms with Gasteiger partial charge in [0.15, 0.2) is 0 Å². The predicted molar refractivity (Wildman–Crippen MR) is 184 cm³/mol. The van der Waals surface area contributed by atoms with Crippen LogP contribution < -0.4 is 15.9 Å². The molecule has 0 aliphatic carbocycles. The lowest BCUT2D eigenvalue weighted by atomic mass is 9.74. The number of rotatable bonds is 9. The normalized spacial score (nSPS) is 16.4. The Bertz CT molecular complexity index is 1820. The summed E-state index contributed by atoms with van der Waals surface area (Å²) in [6, 6.07) is 17.1. The van der Waals surface area contributed by atoms with Crippen molar-refractivity contribution >= 4 is 34.1 Å². The fourth-order valence-corrected chi connectivity index (χ4v) is 6.23. The molecule has 5 nitrogen and oxygen atoms in total. The molecular formula is C38H45N5. The van der Waals surface area contributed by atoms with E-state index < -0.39 is 0 Å². The Morgan fingerprint density at radius 1 is 1.07 bits per heavy atom. The number of H-pyrrole nitrogens is 2. The van der Waals surface area contributed by atoms with E-state index in [1.54, 1.807) is 0 Å². The van der Waals surface area contributed by atoms with Crippen LogP contribution in [0.25, 0.3) is 28.4 Å². The number of benzene rings is 2. The van der Waals surface area contributed by atoms with E-state index in [-0.39, 0.29) is 11.3 Å². The second kappa shape index (κ2) is 12.5. The molecule has 2 atom stereocenters. The Labute approximate surface area is 256 Å². The van der Waals surface area contributed by atoms with Crippen LogP contribution in [0.3, 0.4) is 0 Å². The molecule has 0 bridgehead atoms. The number of aromatic amines is 2. The number of nitrogens with one attached hydrogen (secondary N) is 3. The number of aryl methyl sites for hydroxylation is 1. The first-order chi connectivity index (χ1) is 20.7. The van der Waals surface area contributed by atoms with Crippen LogP contribution in [0, 0.1) is 19.3 Å². The van der Waals surface area contributed by atoms with E-state index in [2.05, 4.69) is 146 Å². The van der Waals surface area contributed by atoms with Crippen molar-refractivity contribution in [2.75, 3.05) is 45.1 Å². The van der Waals surface area contributed by atoms with E-state index in [0.29, 0.717) is 0 Å². The van der Waals surface area contributed by atoms with Crippen LogP contribution in [0.1, 0.15) is 47.8 Å². The van der Waals surface area contributed by atoms with Crippen molar-refractivity contribution in [3.63, 3.8) is 0 Å². The topological polar surface area (TPSA) is 50.1 Å². The quantitative estimate of drug-likeness (QED) is 0.164. The molecule has 2 aromatic carbocycles. The molecule has 222 valence electrons. The van der Waals surface area contributed by atoms with E-state index >= 15 is 0 Å². The Kier molecular flexibility index (Phi) is 8.71. The Balaban J connectivity index is 1.54. The minimum absolute atomic E-state index is 0.157. The van der Waals surface area contributed by atoms with Gasteiger partial charge in [0.1, 0.15) is 0 Å². The first kappa shape index (κ1) is 30.1. The average Bonchev–Trinajstić information content (AvgIpc) is 3.52. The zero-order valence-corrected chi connectivity index (χ0v) is 26.4. The highest BCUT2D eigenvalue weighted by Crippen LogP contribution is 2.37. The number of piperazine rings is 1. The van der Waals surface area contributed by atoms with Crippen molar-refractivity contribution < 1.29 is 0 Å². The number of hydrogen-bond acceptors (Lipinski definition) is 3. The molecule has 0 radical (unpaired) electrons. The minimum Gasteiger partial charge on any atom is -0.384 e. The Hall–Kier alpha value is -4.40. The predicted octanol–water partition coefficient (Wildman–Crippen LogP) is 6.29. The molecule has 43 heavy (non-hydrogen) atoms. The van der Waals surface area contributed by atoms with Crippen LogP contribution in [0.5, 0.6) is 0 Å². The number of hydrogen-bond donors (Lipinski definition) is 3. The lowest BCUT2D eigenvalue weighted by Crippen LogP contribution is -2.43. The summed E-state index contributed by atoms with van der Waals surface area (Å²) in [7, 11) is 2.18. The molecule has 1 fully saturated rings. The molecule has 4 aromatic rings. The maximum Gasteiger partial charge on any atom is 0.0893 e. The van der Waals surface area contributed by atoms with Gasteiger partial charge in [0, 0.05) is 76.9 Å². The zero-order chi connectivity index (χ0) is 30.7. The molecule has 5 rings (SSSR count). The standard InChI is InChI=1S/C38H45N5/c1-9-33-32(24-35-26(4)37(28(6)40-35)36(10-2)43-21-19-42(8)20-22-43)31-23-29(17-18-34(31)41-33)27(5)38(7,11-3)25-39-30-15-13-12-14-16-30/h11-18,23-24,27,39-41H,1-3,19-22,25H2,4-8H3/b32-24-/t27-,38-/m1/s1. The third-order valence-corrected chi connectivity index (χ3v) is 9.43. The van der Waals surface area contributed by atoms with Crippen LogP contribution in [0.2, 0.25) is 0 Å². The molecule has 5 heteroatoms. The van der Waals surface area contributed by atoms with Crippen molar-refractivity contribution in [2.24, 2.45) is 5.41 Å². The number of nitrogens with zero attached hydrogens (tertiary/aromatic N) is 2. The van der Waals surface area contributed by atoms with Crippen LogP contribution in [-0.4, -0.2) is 59.5 Å². The molecule has 0 saturated carbocycles. The summed E-state index contributed by atoms with van der Waals surface area (Å²) in [6.45, 7) is 26.0. The lowest BCUT2D eigenvalue weighted by molar-refractivity contribution is 0.207. The summed E-state index contributed by atoms with van der Waals surface area (Å²) in [4.78, 5) is 12.0. The van der Waals surface area contributed by atoms with Crippen molar-refractivity contribution in [2.45, 2.75) is 33.6 Å². The van der Waals surface area contributed by atoms with Gasteiger partial charge < -0.3 is 25.1 Å². The average molecular weight is 572 g/mol. The summed E-state index contributed by atoms with van der Waals surface area (Å²) in [5.41, 5.74) is 15.4. The van der Waals surface area contributed by atoms with Crippen molar-refractivity contribution in [3.05, 3.63) is 119 Å². The molecule has 3 heterocycles. The molecule has 2 aromatic heterocycles. The smallest absolute Gasteiger partial charge is 0.0893 e. The SMILES string of the molecule is C=C=C(c1c(C)[nH]c(/C=c2\c(=C=C)[nH]c3ccc([C@@H](C)[C@](C)(C=C)CNc4ccccc4)cc23)c1C)N1CCN(C)CC1. The van der Waals surface area contributed by atoms with Gasteiger partial charge in [-0.2, -0.15) is 0 Å². The third kappa shape index (κ3) is 5.94. The van der Waals surface area contributed by atoms with Gasteiger partial charge in [-0.1, -0.05) is 57.3 Å². The molecule has 1 saturated heterocycles. The highest BCUT2D eigenvalue weighted by atomic mass is 15.3. The van der Waals surface area contributed by atoms with Crippen LogP contribution in [-0.2, 0) is 0 Å². The molecule has 0 unspecified atom stereocenters. The van der Waals surface area contributed by atoms with E-state index in [1.165, 1.54) is 16.7 Å². The summed E-state index contributed by atoms with van der Waals surface area (Å²) in [5, 5.41) is 6.75. The highest BCUT2D eigenvalue weighted by molar-refractivity contribution is 5.84. The van der Waals surface area contributed by atoms with Crippen LogP contribution in [0.4, 0.5) is 5.69 Å². The molecule has 0 amide bonds. The van der Waals surface area contributed by atoms with Gasteiger partial charge in [0.2, 0.25) is 0 Å². The second-order valence-corrected chi connectivity index (χ2v) is 12.2. The van der Waals surface area contributed by atoms with E-state index in [9.17, 15) is 0 Å². The number of anilines is 1. The fourth-order valence-electron chi connectivity index (χ4n) is 6.23. The highest BCUT2D eigenvalue weighted by Gasteiger charge is 2.29. The fraction of sp³-hybridized carbons (Fsp3) is 0.316. The third-order valence-electron chi connectivity index (χ3n) is 9.43. The lowest BCUT2D eigenvalue weighted by Gasteiger charge is -2.35. The van der Waals surface area contributed by atoms with Crippen molar-refractivity contribution in [3.8, 4) is 0 Å². The summed E-state index contributed by atoms with van der Waals surface area (Å²) in [6.07, 6.45) is 4.32. The molecule has 1 aliphatic rings. The summed E-state index contributed by atoms with van der Waals surface area (Å²) < 4.78 is 0. The molecule has 3 N–H and O–H groups in total. The Morgan fingerprint density at radius 2 is 1.79 bits per heavy atom. The number of aromatic nitrogens is 2. The first-order valence-corrected chi connectivity index (χ1v) is 15.2. The van der Waals surface area contributed by atoms with Crippen LogP contribution >= 0.6 is 0 Å². The first-order valence-electron chi connectivity index (χ1n) is 15.2. The van der Waals surface area contributed by atoms with Gasteiger partial charge in [-0.05, 0) is 68.3 Å². The largest absolute Gasteiger partial charge is 0.384 e. The monoisotopic (exact) mass is 571 g/mol. The van der Waals surface area contributed by atoms with Crippen molar-refractivity contribution in [1.29, 1.82) is 0 Å². The summed E-state index contributed by atoms with van der Waals surface area (Å²) >= 11 is 0. The minimum atomic E-state index is -0.157. The van der Waals surface area contributed by atoms with Gasteiger partial charge in [-0.15, -0.1) is 18.0 Å². The number of fused-ring (bicyclic) bond motifs is 1. The van der Waals surface area contributed by atoms with Gasteiger partial charge in [-0.25, -0.2) is 0 Å². The van der Waals surface area contributed by atoms with E-state index in [1.807, 2.05) is 6.07 Å². The molecular weight excluding hydrogens is 526 g/mol. The van der Waals surface area contributed by atoms with E-state index in [0.717, 1.165) is 77.0 Å². The molecule has 1 aliphatic heterocycles. The number of likely N-dealkylation sites (N-methyl/N-ethyl adjacent to an activating group) is 1. The van der Waals surface area contributed by atoms with Gasteiger partial charge in [0.25, 0.3) is 0 Å². The molecule has 0 spiro atoms.